The molecule has 1 amide bonds. The van der Waals surface area contributed by atoms with Crippen LogP contribution >= 0.6 is 25.3 Å². The monoisotopic (exact) mass is 284 g/mol. The summed E-state index contributed by atoms with van der Waals surface area (Å²) in [5.74, 6) is -2.13. The smallest absolute Gasteiger partial charge is 0.327 e. The molecule has 0 saturated carbocycles. The van der Waals surface area contributed by atoms with Crippen LogP contribution in [0.2, 0.25) is 0 Å². The van der Waals surface area contributed by atoms with Crippen molar-refractivity contribution in [3.05, 3.63) is 0 Å². The third kappa shape index (κ3) is 11.3. The predicted molar refractivity (Wildman–Crippen MR) is 68.6 cm³/mol. The zero-order chi connectivity index (χ0) is 14.0. The van der Waals surface area contributed by atoms with Crippen LogP contribution in [-0.4, -0.2) is 51.6 Å². The molecule has 5 N–H and O–H groups in total. The highest BCUT2D eigenvalue weighted by Crippen LogP contribution is 1.87. The Kier molecular flexibility index (Phi) is 11.1. The molecule has 0 unspecified atom stereocenters. The molecule has 0 radical (unpaired) electrons. The van der Waals surface area contributed by atoms with E-state index in [2.05, 4.69) is 30.6 Å². The molecular weight excluding hydrogens is 268 g/mol. The van der Waals surface area contributed by atoms with Gasteiger partial charge < -0.3 is 21.3 Å². The summed E-state index contributed by atoms with van der Waals surface area (Å²) < 4.78 is 0. The van der Waals surface area contributed by atoms with Crippen LogP contribution in [0.3, 0.4) is 0 Å². The van der Waals surface area contributed by atoms with Gasteiger partial charge in [0.2, 0.25) is 5.91 Å². The summed E-state index contributed by atoms with van der Waals surface area (Å²) in [7, 11) is 0. The lowest BCUT2D eigenvalue weighted by Crippen LogP contribution is -2.40. The van der Waals surface area contributed by atoms with Crippen molar-refractivity contribution in [1.29, 1.82) is 0 Å². The Bertz CT molecular complexity index is 275. The van der Waals surface area contributed by atoms with E-state index in [-0.39, 0.29) is 17.4 Å². The third-order valence-corrected chi connectivity index (χ3v) is 2.13. The van der Waals surface area contributed by atoms with Gasteiger partial charge in [0.15, 0.2) is 0 Å². The Balaban J connectivity index is 0. The van der Waals surface area contributed by atoms with E-state index in [9.17, 15) is 14.4 Å². The Hall–Kier alpha value is -0.930. The Morgan fingerprint density at radius 2 is 1.65 bits per heavy atom. The SMILES string of the molecule is CC(=O)N[C@@H](CS)C(=O)O.N[C@@H](CS)C(=O)O. The quantitative estimate of drug-likeness (QED) is 0.353. The first-order chi connectivity index (χ1) is 7.76. The zero-order valence-corrected chi connectivity index (χ0v) is 10.9. The number of hydrogen-bond donors (Lipinski definition) is 6. The number of carboxylic acid groups (broad SMARTS) is 2. The summed E-state index contributed by atoms with van der Waals surface area (Å²) in [5.41, 5.74) is 4.94. The number of hydrogen-bond acceptors (Lipinski definition) is 6. The van der Waals surface area contributed by atoms with Gasteiger partial charge in [-0.2, -0.15) is 25.3 Å². The Morgan fingerprint density at radius 1 is 1.18 bits per heavy atom. The van der Waals surface area contributed by atoms with Crippen molar-refractivity contribution < 1.29 is 24.6 Å². The molecule has 0 aliphatic carbocycles. The molecule has 0 aliphatic heterocycles. The van der Waals surface area contributed by atoms with E-state index < -0.39 is 24.0 Å². The van der Waals surface area contributed by atoms with Crippen molar-refractivity contribution in [2.45, 2.75) is 19.0 Å². The molecule has 0 spiro atoms. The van der Waals surface area contributed by atoms with Gasteiger partial charge in [-0.05, 0) is 0 Å². The van der Waals surface area contributed by atoms with E-state index in [1.165, 1.54) is 6.92 Å². The maximum Gasteiger partial charge on any atom is 0.327 e. The number of aliphatic carboxylic acids is 2. The van der Waals surface area contributed by atoms with E-state index in [1.54, 1.807) is 0 Å². The highest BCUT2D eigenvalue weighted by atomic mass is 32.1. The van der Waals surface area contributed by atoms with Gasteiger partial charge in [-0.3, -0.25) is 9.59 Å². The molecular formula is C8H16N2O5S2. The molecule has 9 heteroatoms. The van der Waals surface area contributed by atoms with Gasteiger partial charge in [0.05, 0.1) is 0 Å². The normalized spacial score (nSPS) is 12.7. The van der Waals surface area contributed by atoms with Crippen LogP contribution in [0.1, 0.15) is 6.92 Å². The second-order valence-corrected chi connectivity index (χ2v) is 3.63. The van der Waals surface area contributed by atoms with Crippen LogP contribution < -0.4 is 11.1 Å². The van der Waals surface area contributed by atoms with Crippen molar-refractivity contribution in [2.24, 2.45) is 5.73 Å². The average molecular weight is 284 g/mol. The molecule has 0 aliphatic rings. The number of carbonyl (C=O) groups is 3. The summed E-state index contributed by atoms with van der Waals surface area (Å²) in [6, 6.07) is -1.69. The number of carbonyl (C=O) groups excluding carboxylic acids is 1. The molecule has 0 fully saturated rings. The number of nitrogens with one attached hydrogen (secondary N) is 1. The zero-order valence-electron chi connectivity index (χ0n) is 9.16. The molecule has 2 atom stereocenters. The van der Waals surface area contributed by atoms with E-state index >= 15 is 0 Å². The van der Waals surface area contributed by atoms with Crippen LogP contribution in [0, 0.1) is 0 Å². The number of carboxylic acids is 2. The van der Waals surface area contributed by atoms with E-state index in [4.69, 9.17) is 15.9 Å². The Labute approximate surface area is 110 Å². The summed E-state index contributed by atoms with van der Waals surface area (Å²) in [5, 5.41) is 18.6. The van der Waals surface area contributed by atoms with Gasteiger partial charge in [-0.1, -0.05) is 0 Å². The minimum Gasteiger partial charge on any atom is -0.480 e. The molecule has 0 aromatic heterocycles. The number of rotatable bonds is 5. The standard InChI is InChI=1S/C5H9NO3S.C3H7NO2S/c1-3(7)6-4(2-10)5(8)9;4-2(1-7)3(5)6/h4,10H,2H2,1H3,(H,6,7)(H,8,9);2,7H,1,4H2,(H,5,6)/t4-;2-/m00/s1. The predicted octanol–water partition coefficient (Wildman–Crippen LogP) is -1.17. The lowest BCUT2D eigenvalue weighted by Gasteiger charge is -2.08. The molecule has 0 aromatic rings. The van der Waals surface area contributed by atoms with E-state index in [0.717, 1.165) is 0 Å². The second kappa shape index (κ2) is 10.2. The van der Waals surface area contributed by atoms with Crippen molar-refractivity contribution in [2.75, 3.05) is 11.5 Å². The van der Waals surface area contributed by atoms with Gasteiger partial charge in [-0.25, -0.2) is 4.79 Å². The fourth-order valence-electron chi connectivity index (χ4n) is 0.509. The highest BCUT2D eigenvalue weighted by Gasteiger charge is 2.15. The number of amides is 1. The largest absolute Gasteiger partial charge is 0.480 e. The Morgan fingerprint density at radius 3 is 1.71 bits per heavy atom. The van der Waals surface area contributed by atoms with Gasteiger partial charge in [0.1, 0.15) is 12.1 Å². The minimum absolute atomic E-state index is 0.106. The summed E-state index contributed by atoms with van der Waals surface area (Å²) in [4.78, 5) is 30.3. The molecule has 0 rings (SSSR count). The van der Waals surface area contributed by atoms with Gasteiger partial charge in [0.25, 0.3) is 0 Å². The molecule has 0 aromatic carbocycles. The van der Waals surface area contributed by atoms with Crippen LogP contribution in [0.25, 0.3) is 0 Å². The summed E-state index contributed by atoms with van der Waals surface area (Å²) in [6.07, 6.45) is 0. The lowest BCUT2D eigenvalue weighted by atomic mass is 10.3. The van der Waals surface area contributed by atoms with Crippen LogP contribution in [0.15, 0.2) is 0 Å². The first-order valence-corrected chi connectivity index (χ1v) is 5.72. The molecule has 17 heavy (non-hydrogen) atoms. The maximum absolute atomic E-state index is 10.3. The minimum atomic E-state index is -1.06. The molecule has 7 nitrogen and oxygen atoms in total. The topological polar surface area (TPSA) is 130 Å². The highest BCUT2D eigenvalue weighted by molar-refractivity contribution is 7.80. The second-order valence-electron chi connectivity index (χ2n) is 2.90. The van der Waals surface area contributed by atoms with Crippen LogP contribution in [0.5, 0.6) is 0 Å². The van der Waals surface area contributed by atoms with Crippen molar-refractivity contribution in [3.63, 3.8) is 0 Å². The average Bonchev–Trinajstić information content (AvgIpc) is 2.24. The fraction of sp³-hybridized carbons (Fsp3) is 0.625. The van der Waals surface area contributed by atoms with Gasteiger partial charge in [0, 0.05) is 18.4 Å². The molecule has 0 heterocycles. The van der Waals surface area contributed by atoms with Crippen LogP contribution in [-0.2, 0) is 14.4 Å². The van der Waals surface area contributed by atoms with Crippen molar-refractivity contribution in [1.82, 2.24) is 5.32 Å². The molecule has 0 saturated heterocycles. The maximum atomic E-state index is 10.3. The number of thiol groups is 2. The van der Waals surface area contributed by atoms with Crippen molar-refractivity contribution >= 4 is 43.1 Å². The summed E-state index contributed by atoms with van der Waals surface area (Å²) in [6.45, 7) is 1.26. The first-order valence-electron chi connectivity index (χ1n) is 4.46. The fourth-order valence-corrected chi connectivity index (χ4v) is 0.913. The van der Waals surface area contributed by atoms with E-state index in [1.807, 2.05) is 0 Å². The molecule has 0 bridgehead atoms. The lowest BCUT2D eigenvalue weighted by molar-refractivity contribution is -0.140. The first kappa shape index (κ1) is 18.4. The van der Waals surface area contributed by atoms with E-state index in [0.29, 0.717) is 0 Å². The summed E-state index contributed by atoms with van der Waals surface area (Å²) >= 11 is 7.38. The van der Waals surface area contributed by atoms with Crippen LogP contribution in [0.4, 0.5) is 0 Å². The number of nitrogens with two attached hydrogens (primary N) is 1. The molecule has 100 valence electrons. The van der Waals surface area contributed by atoms with Gasteiger partial charge >= 0.3 is 11.9 Å². The van der Waals surface area contributed by atoms with Gasteiger partial charge in [-0.15, -0.1) is 0 Å². The van der Waals surface area contributed by atoms with Crippen molar-refractivity contribution in [3.8, 4) is 0 Å². The third-order valence-electron chi connectivity index (χ3n) is 1.37.